The third-order valence-electron chi connectivity index (χ3n) is 3.11. The lowest BCUT2D eigenvalue weighted by atomic mass is 10.3. The molecule has 2 heterocycles. The van der Waals surface area contributed by atoms with Crippen molar-refractivity contribution in [1.29, 1.82) is 0 Å². The van der Waals surface area contributed by atoms with Crippen LogP contribution in [0.2, 0.25) is 0 Å². The van der Waals surface area contributed by atoms with Gasteiger partial charge in [0, 0.05) is 6.54 Å². The first-order valence-corrected chi connectivity index (χ1v) is 7.35. The number of amides is 1. The van der Waals surface area contributed by atoms with Crippen LogP contribution in [0.3, 0.4) is 0 Å². The van der Waals surface area contributed by atoms with Crippen molar-refractivity contribution >= 4 is 17.7 Å². The zero-order valence-electron chi connectivity index (χ0n) is 11.2. The van der Waals surface area contributed by atoms with Crippen molar-refractivity contribution in [2.45, 2.75) is 19.2 Å². The quantitative estimate of drug-likeness (QED) is 0.802. The molecule has 0 radical (unpaired) electrons. The normalized spacial score (nSPS) is 19.4. The number of ether oxygens (including phenoxy) is 1. The average molecular weight is 285 g/mol. The Morgan fingerprint density at radius 3 is 2.95 bits per heavy atom. The standard InChI is InChI=1S/C13H19NO4S/c1-9-7-11(18-10(9)2)13-14(12(16)8-19-13)3-5-17-6-4-15/h7,13,15H,3-6,8H2,1-2H3. The van der Waals surface area contributed by atoms with Crippen molar-refractivity contribution in [2.24, 2.45) is 0 Å². The smallest absolute Gasteiger partial charge is 0.234 e. The van der Waals surface area contributed by atoms with Crippen LogP contribution in [0, 0.1) is 13.8 Å². The number of aryl methyl sites for hydroxylation is 2. The van der Waals surface area contributed by atoms with Gasteiger partial charge in [0.05, 0.1) is 25.6 Å². The van der Waals surface area contributed by atoms with Crippen LogP contribution >= 0.6 is 11.8 Å². The first-order chi connectivity index (χ1) is 9.13. The Morgan fingerprint density at radius 2 is 2.32 bits per heavy atom. The van der Waals surface area contributed by atoms with Gasteiger partial charge in [-0.05, 0) is 25.5 Å². The molecule has 0 aromatic carbocycles. The molecule has 1 aromatic rings. The monoisotopic (exact) mass is 285 g/mol. The Kier molecular flexibility index (Phi) is 4.90. The molecule has 5 nitrogen and oxygen atoms in total. The van der Waals surface area contributed by atoms with E-state index >= 15 is 0 Å². The third kappa shape index (κ3) is 3.32. The fraction of sp³-hybridized carbons (Fsp3) is 0.615. The Labute approximate surface area is 116 Å². The number of aliphatic hydroxyl groups is 1. The van der Waals surface area contributed by atoms with Crippen molar-refractivity contribution in [1.82, 2.24) is 4.90 Å². The van der Waals surface area contributed by atoms with Gasteiger partial charge >= 0.3 is 0 Å². The highest BCUT2D eigenvalue weighted by Gasteiger charge is 2.34. The van der Waals surface area contributed by atoms with Crippen LogP contribution < -0.4 is 0 Å². The second kappa shape index (κ2) is 6.45. The van der Waals surface area contributed by atoms with Gasteiger partial charge in [0.15, 0.2) is 0 Å². The zero-order valence-corrected chi connectivity index (χ0v) is 12.0. The van der Waals surface area contributed by atoms with E-state index in [1.807, 2.05) is 19.9 Å². The van der Waals surface area contributed by atoms with Crippen LogP contribution in [0.25, 0.3) is 0 Å². The summed E-state index contributed by atoms with van der Waals surface area (Å²) in [6.45, 7) is 5.19. The van der Waals surface area contributed by atoms with Crippen LogP contribution in [0.5, 0.6) is 0 Å². The second-order valence-corrected chi connectivity index (χ2v) is 5.54. The van der Waals surface area contributed by atoms with E-state index in [1.54, 1.807) is 16.7 Å². The molecule has 0 spiro atoms. The molecule has 0 saturated carbocycles. The fourth-order valence-electron chi connectivity index (χ4n) is 1.98. The summed E-state index contributed by atoms with van der Waals surface area (Å²) in [5, 5.41) is 8.59. The lowest BCUT2D eigenvalue weighted by molar-refractivity contribution is -0.129. The summed E-state index contributed by atoms with van der Waals surface area (Å²) >= 11 is 1.58. The number of aliphatic hydroxyl groups excluding tert-OH is 1. The first-order valence-electron chi connectivity index (χ1n) is 6.30. The van der Waals surface area contributed by atoms with E-state index in [0.29, 0.717) is 25.5 Å². The summed E-state index contributed by atoms with van der Waals surface area (Å²) in [4.78, 5) is 13.6. The molecule has 2 rings (SSSR count). The molecular formula is C13H19NO4S. The second-order valence-electron chi connectivity index (χ2n) is 4.47. The van der Waals surface area contributed by atoms with Gasteiger partial charge in [0.25, 0.3) is 0 Å². The molecule has 1 aliphatic heterocycles. The number of thioether (sulfide) groups is 1. The van der Waals surface area contributed by atoms with E-state index in [9.17, 15) is 4.79 Å². The average Bonchev–Trinajstić information content (AvgIpc) is 2.90. The molecule has 1 amide bonds. The van der Waals surface area contributed by atoms with Crippen molar-refractivity contribution in [2.75, 3.05) is 32.1 Å². The van der Waals surface area contributed by atoms with Crippen molar-refractivity contribution in [3.8, 4) is 0 Å². The van der Waals surface area contributed by atoms with Gasteiger partial charge < -0.3 is 19.2 Å². The topological polar surface area (TPSA) is 62.9 Å². The molecular weight excluding hydrogens is 266 g/mol. The summed E-state index contributed by atoms with van der Waals surface area (Å²) in [5.41, 5.74) is 1.10. The van der Waals surface area contributed by atoms with Gasteiger partial charge in [-0.15, -0.1) is 11.8 Å². The minimum atomic E-state index is -0.0578. The molecule has 1 unspecified atom stereocenters. The van der Waals surface area contributed by atoms with Crippen LogP contribution in [0.15, 0.2) is 10.5 Å². The molecule has 1 atom stereocenters. The highest BCUT2D eigenvalue weighted by atomic mass is 32.2. The van der Waals surface area contributed by atoms with E-state index in [-0.39, 0.29) is 17.9 Å². The maximum atomic E-state index is 11.9. The van der Waals surface area contributed by atoms with Gasteiger partial charge in [-0.25, -0.2) is 0 Å². The van der Waals surface area contributed by atoms with E-state index in [2.05, 4.69) is 0 Å². The first kappa shape index (κ1) is 14.4. The van der Waals surface area contributed by atoms with E-state index < -0.39 is 0 Å². The lowest BCUT2D eigenvalue weighted by Gasteiger charge is -2.22. The summed E-state index contributed by atoms with van der Waals surface area (Å²) < 4.78 is 10.9. The van der Waals surface area contributed by atoms with Crippen molar-refractivity contribution in [3.63, 3.8) is 0 Å². The number of carbonyl (C=O) groups excluding carboxylic acids is 1. The lowest BCUT2D eigenvalue weighted by Crippen LogP contribution is -2.31. The van der Waals surface area contributed by atoms with Gasteiger partial charge in [-0.2, -0.15) is 0 Å². The third-order valence-corrected chi connectivity index (χ3v) is 4.32. The number of carbonyl (C=O) groups is 1. The van der Waals surface area contributed by atoms with E-state index in [0.717, 1.165) is 17.1 Å². The number of rotatable bonds is 6. The SMILES string of the molecule is Cc1cc(C2SCC(=O)N2CCOCCO)oc1C. The minimum Gasteiger partial charge on any atom is -0.463 e. The maximum Gasteiger partial charge on any atom is 0.234 e. The number of hydrogen-bond acceptors (Lipinski definition) is 5. The van der Waals surface area contributed by atoms with Crippen LogP contribution in [-0.4, -0.2) is 48.0 Å². The van der Waals surface area contributed by atoms with Crippen LogP contribution in [0.1, 0.15) is 22.5 Å². The molecule has 1 fully saturated rings. The molecule has 0 aliphatic carbocycles. The highest BCUT2D eigenvalue weighted by molar-refractivity contribution is 8.00. The van der Waals surface area contributed by atoms with E-state index in [4.69, 9.17) is 14.3 Å². The van der Waals surface area contributed by atoms with Gasteiger partial charge in [0.1, 0.15) is 16.9 Å². The summed E-state index contributed by atoms with van der Waals surface area (Å²) in [6, 6.07) is 1.99. The molecule has 1 saturated heterocycles. The molecule has 6 heteroatoms. The van der Waals surface area contributed by atoms with Gasteiger partial charge in [-0.3, -0.25) is 4.79 Å². The maximum absolute atomic E-state index is 11.9. The van der Waals surface area contributed by atoms with Crippen LogP contribution in [-0.2, 0) is 9.53 Å². The molecule has 1 aliphatic rings. The Morgan fingerprint density at radius 1 is 1.53 bits per heavy atom. The van der Waals surface area contributed by atoms with E-state index in [1.165, 1.54) is 0 Å². The summed E-state index contributed by atoms with van der Waals surface area (Å²) in [6.07, 6.45) is 0. The predicted octanol–water partition coefficient (Wildman–Crippen LogP) is 1.48. The summed E-state index contributed by atoms with van der Waals surface area (Å²) in [7, 11) is 0. The molecule has 0 bridgehead atoms. The van der Waals surface area contributed by atoms with Gasteiger partial charge in [0.2, 0.25) is 5.91 Å². The zero-order chi connectivity index (χ0) is 13.8. The Balaban J connectivity index is 2.00. The molecule has 19 heavy (non-hydrogen) atoms. The Bertz CT molecular complexity index is 426. The number of hydrogen-bond donors (Lipinski definition) is 1. The summed E-state index contributed by atoms with van der Waals surface area (Å²) in [5.74, 6) is 2.30. The number of furan rings is 1. The number of nitrogens with zero attached hydrogens (tertiary/aromatic N) is 1. The van der Waals surface area contributed by atoms with Crippen molar-refractivity contribution in [3.05, 3.63) is 23.2 Å². The molecule has 106 valence electrons. The van der Waals surface area contributed by atoms with Crippen molar-refractivity contribution < 1.29 is 19.1 Å². The minimum absolute atomic E-state index is 0.00268. The Hall–Kier alpha value is -0.980. The molecule has 1 aromatic heterocycles. The predicted molar refractivity (Wildman–Crippen MR) is 73.0 cm³/mol. The fourth-order valence-corrected chi connectivity index (χ4v) is 3.13. The highest BCUT2D eigenvalue weighted by Crippen LogP contribution is 2.39. The molecule has 1 N–H and O–H groups in total. The van der Waals surface area contributed by atoms with Gasteiger partial charge in [-0.1, -0.05) is 0 Å². The van der Waals surface area contributed by atoms with Crippen LogP contribution in [0.4, 0.5) is 0 Å². The largest absolute Gasteiger partial charge is 0.463 e.